The summed E-state index contributed by atoms with van der Waals surface area (Å²) in [6.07, 6.45) is 0. The fourth-order valence-electron chi connectivity index (χ4n) is 3.66. The number of phenolic OH excluding ortho intramolecular Hbond substituents is 2. The number of aromatic nitrogens is 1. The van der Waals surface area contributed by atoms with Gasteiger partial charge in [-0.15, -0.1) is 0 Å². The Balaban J connectivity index is 2.07. The number of rotatable bonds is 1. The van der Waals surface area contributed by atoms with Gasteiger partial charge in [-0.1, -0.05) is 30.3 Å². The normalized spacial score (nSPS) is 11.5. The fraction of sp³-hybridized carbons (Fsp3) is 0. The molecule has 4 aromatic carbocycles. The van der Waals surface area contributed by atoms with Crippen LogP contribution in [0, 0.1) is 0 Å². The molecule has 0 fully saturated rings. The SMILES string of the molecule is Oc1ccc2c(ccc3c4ccc(O)cc4n(-c4ccccc4)c23)c1. The summed E-state index contributed by atoms with van der Waals surface area (Å²) >= 11 is 0. The zero-order valence-corrected chi connectivity index (χ0v) is 13.3. The summed E-state index contributed by atoms with van der Waals surface area (Å²) in [6, 6.07) is 25.1. The van der Waals surface area contributed by atoms with E-state index in [0.29, 0.717) is 0 Å². The Kier molecular flexibility index (Phi) is 2.80. The third-order valence-electron chi connectivity index (χ3n) is 4.73. The Bertz CT molecular complexity index is 1250. The molecule has 0 unspecified atom stereocenters. The minimum atomic E-state index is 0.245. The largest absolute Gasteiger partial charge is 0.508 e. The summed E-state index contributed by atoms with van der Waals surface area (Å²) in [4.78, 5) is 0. The number of aromatic hydroxyl groups is 2. The van der Waals surface area contributed by atoms with E-state index >= 15 is 0 Å². The number of hydrogen-bond acceptors (Lipinski definition) is 2. The molecule has 0 amide bonds. The molecule has 0 bridgehead atoms. The van der Waals surface area contributed by atoms with Crippen LogP contribution in [0.1, 0.15) is 0 Å². The van der Waals surface area contributed by atoms with Crippen LogP contribution in [-0.4, -0.2) is 14.8 Å². The lowest BCUT2D eigenvalue weighted by atomic mass is 10.1. The second-order valence-electron chi connectivity index (χ2n) is 6.24. The minimum Gasteiger partial charge on any atom is -0.508 e. The number of hydrogen-bond donors (Lipinski definition) is 2. The number of para-hydroxylation sites is 1. The maximum atomic E-state index is 10.0. The van der Waals surface area contributed by atoms with Crippen molar-refractivity contribution in [3.05, 3.63) is 78.9 Å². The average molecular weight is 325 g/mol. The molecule has 3 nitrogen and oxygen atoms in total. The highest BCUT2D eigenvalue weighted by atomic mass is 16.3. The Morgan fingerprint density at radius 2 is 1.28 bits per heavy atom. The van der Waals surface area contributed by atoms with E-state index in [0.717, 1.165) is 38.3 Å². The molecule has 5 aromatic rings. The molecule has 0 aliphatic rings. The van der Waals surface area contributed by atoms with E-state index < -0.39 is 0 Å². The summed E-state index contributed by atoms with van der Waals surface area (Å²) in [5.41, 5.74) is 3.07. The lowest BCUT2D eigenvalue weighted by molar-refractivity contribution is 0.475. The minimum absolute atomic E-state index is 0.245. The zero-order chi connectivity index (χ0) is 17.0. The molecule has 120 valence electrons. The molecular formula is C22H15NO2. The van der Waals surface area contributed by atoms with Crippen LogP contribution in [0.3, 0.4) is 0 Å². The van der Waals surface area contributed by atoms with Crippen molar-refractivity contribution in [1.29, 1.82) is 0 Å². The van der Waals surface area contributed by atoms with Gasteiger partial charge in [-0.3, -0.25) is 0 Å². The first kappa shape index (κ1) is 13.9. The van der Waals surface area contributed by atoms with Gasteiger partial charge < -0.3 is 14.8 Å². The topological polar surface area (TPSA) is 45.4 Å². The van der Waals surface area contributed by atoms with Crippen LogP contribution in [-0.2, 0) is 0 Å². The van der Waals surface area contributed by atoms with Crippen molar-refractivity contribution in [3.8, 4) is 17.2 Å². The number of nitrogens with zero attached hydrogens (tertiary/aromatic N) is 1. The maximum absolute atomic E-state index is 10.0. The first-order valence-electron chi connectivity index (χ1n) is 8.17. The highest BCUT2D eigenvalue weighted by Gasteiger charge is 2.15. The molecule has 0 spiro atoms. The molecule has 1 aromatic heterocycles. The van der Waals surface area contributed by atoms with Crippen LogP contribution in [0.25, 0.3) is 38.3 Å². The van der Waals surface area contributed by atoms with Gasteiger partial charge >= 0.3 is 0 Å². The second-order valence-corrected chi connectivity index (χ2v) is 6.24. The Hall–Kier alpha value is -3.46. The predicted molar refractivity (Wildman–Crippen MR) is 102 cm³/mol. The van der Waals surface area contributed by atoms with Gasteiger partial charge in [-0.2, -0.15) is 0 Å². The van der Waals surface area contributed by atoms with Crippen molar-refractivity contribution in [1.82, 2.24) is 4.57 Å². The molecule has 25 heavy (non-hydrogen) atoms. The van der Waals surface area contributed by atoms with Gasteiger partial charge in [0.25, 0.3) is 0 Å². The predicted octanol–water partition coefficient (Wildman–Crippen LogP) is 5.35. The van der Waals surface area contributed by atoms with E-state index in [4.69, 9.17) is 0 Å². The standard InChI is InChI=1S/C22H15NO2/c24-16-7-10-18-14(12-16)6-9-20-19-11-8-17(25)13-21(19)23(22(18)20)15-4-2-1-3-5-15/h1-13,24-25H. The van der Waals surface area contributed by atoms with Gasteiger partial charge in [0, 0.05) is 27.9 Å². The number of phenols is 2. The third-order valence-corrected chi connectivity index (χ3v) is 4.73. The highest BCUT2D eigenvalue weighted by molar-refractivity contribution is 6.18. The third kappa shape index (κ3) is 1.99. The first-order valence-corrected chi connectivity index (χ1v) is 8.17. The quantitative estimate of drug-likeness (QED) is 0.436. The van der Waals surface area contributed by atoms with E-state index in [2.05, 4.69) is 22.8 Å². The van der Waals surface area contributed by atoms with Crippen molar-refractivity contribution in [3.63, 3.8) is 0 Å². The average Bonchev–Trinajstić information content (AvgIpc) is 2.95. The van der Waals surface area contributed by atoms with Crippen LogP contribution in [0.4, 0.5) is 0 Å². The summed E-state index contributed by atoms with van der Waals surface area (Å²) in [6.45, 7) is 0. The van der Waals surface area contributed by atoms with Gasteiger partial charge in [-0.25, -0.2) is 0 Å². The molecule has 0 aliphatic heterocycles. The molecule has 5 rings (SSSR count). The highest BCUT2D eigenvalue weighted by Crippen LogP contribution is 2.38. The molecule has 0 atom stereocenters. The molecule has 1 heterocycles. The van der Waals surface area contributed by atoms with Gasteiger partial charge in [0.2, 0.25) is 0 Å². The lowest BCUT2D eigenvalue weighted by Crippen LogP contribution is -1.93. The monoisotopic (exact) mass is 325 g/mol. The Morgan fingerprint density at radius 1 is 0.600 bits per heavy atom. The fourth-order valence-corrected chi connectivity index (χ4v) is 3.66. The second kappa shape index (κ2) is 5.02. The van der Waals surface area contributed by atoms with Gasteiger partial charge in [0.05, 0.1) is 11.0 Å². The van der Waals surface area contributed by atoms with Crippen molar-refractivity contribution in [2.24, 2.45) is 0 Å². The van der Waals surface area contributed by atoms with Gasteiger partial charge in [-0.05, 0) is 47.9 Å². The molecule has 2 N–H and O–H groups in total. The number of fused-ring (bicyclic) bond motifs is 5. The van der Waals surface area contributed by atoms with Crippen molar-refractivity contribution < 1.29 is 10.2 Å². The smallest absolute Gasteiger partial charge is 0.117 e. The number of benzene rings is 4. The van der Waals surface area contributed by atoms with Crippen molar-refractivity contribution in [2.45, 2.75) is 0 Å². The molecule has 0 radical (unpaired) electrons. The van der Waals surface area contributed by atoms with Crippen LogP contribution < -0.4 is 0 Å². The van der Waals surface area contributed by atoms with E-state index in [9.17, 15) is 10.2 Å². The maximum Gasteiger partial charge on any atom is 0.117 e. The zero-order valence-electron chi connectivity index (χ0n) is 13.3. The lowest BCUT2D eigenvalue weighted by Gasteiger charge is -2.10. The van der Waals surface area contributed by atoms with E-state index in [1.165, 1.54) is 0 Å². The van der Waals surface area contributed by atoms with Crippen LogP contribution in [0.15, 0.2) is 78.9 Å². The van der Waals surface area contributed by atoms with Crippen molar-refractivity contribution in [2.75, 3.05) is 0 Å². The van der Waals surface area contributed by atoms with Gasteiger partial charge in [0.15, 0.2) is 0 Å². The summed E-state index contributed by atoms with van der Waals surface area (Å²) in [5, 5.41) is 24.1. The van der Waals surface area contributed by atoms with Crippen LogP contribution in [0.2, 0.25) is 0 Å². The molecule has 0 saturated carbocycles. The summed E-state index contributed by atoms with van der Waals surface area (Å²) in [7, 11) is 0. The molecular weight excluding hydrogens is 310 g/mol. The summed E-state index contributed by atoms with van der Waals surface area (Å²) < 4.78 is 2.17. The van der Waals surface area contributed by atoms with E-state index in [1.54, 1.807) is 24.3 Å². The first-order chi connectivity index (χ1) is 12.2. The van der Waals surface area contributed by atoms with Crippen LogP contribution >= 0.6 is 0 Å². The van der Waals surface area contributed by atoms with E-state index in [-0.39, 0.29) is 11.5 Å². The van der Waals surface area contributed by atoms with Gasteiger partial charge in [0.1, 0.15) is 11.5 Å². The summed E-state index contributed by atoms with van der Waals surface area (Å²) in [5.74, 6) is 0.501. The molecule has 0 saturated heterocycles. The Labute approximate surface area is 144 Å². The molecule has 3 heteroatoms. The van der Waals surface area contributed by atoms with Crippen LogP contribution in [0.5, 0.6) is 11.5 Å². The van der Waals surface area contributed by atoms with Crippen molar-refractivity contribution >= 4 is 32.6 Å². The Morgan fingerprint density at radius 3 is 2.08 bits per heavy atom. The van der Waals surface area contributed by atoms with E-state index in [1.807, 2.05) is 36.4 Å². The molecule has 0 aliphatic carbocycles.